The fourth-order valence-corrected chi connectivity index (χ4v) is 1.87. The molecule has 20 heavy (non-hydrogen) atoms. The number of rotatable bonds is 7. The van der Waals surface area contributed by atoms with Crippen molar-refractivity contribution in [2.75, 3.05) is 18.5 Å². The van der Waals surface area contributed by atoms with E-state index in [1.165, 1.54) is 0 Å². The van der Waals surface area contributed by atoms with Crippen LogP contribution in [0, 0.1) is 5.92 Å². The molecule has 108 valence electrons. The maximum Gasteiger partial charge on any atom is 0.297 e. The van der Waals surface area contributed by atoms with E-state index in [0.29, 0.717) is 11.9 Å². The minimum absolute atomic E-state index is 0.634. The predicted octanol–water partition coefficient (Wildman–Crippen LogP) is 2.45. The topological polar surface area (TPSA) is 54.2 Å². The Hall–Kier alpha value is -1.88. The summed E-state index contributed by atoms with van der Waals surface area (Å²) in [5.74, 6) is 0.634. The summed E-state index contributed by atoms with van der Waals surface area (Å²) in [6.45, 7) is 6.81. The minimum atomic E-state index is 0.634. The van der Waals surface area contributed by atoms with Crippen molar-refractivity contribution in [3.8, 4) is 0 Å². The number of hydrogen-bond donors (Lipinski definition) is 1. The van der Waals surface area contributed by atoms with Gasteiger partial charge in [0.1, 0.15) is 6.26 Å². The van der Waals surface area contributed by atoms with E-state index >= 15 is 0 Å². The van der Waals surface area contributed by atoms with Crippen molar-refractivity contribution in [2.24, 2.45) is 5.92 Å². The smallest absolute Gasteiger partial charge is 0.297 e. The number of oxazole rings is 1. The Balaban J connectivity index is 1.88. The van der Waals surface area contributed by atoms with Crippen LogP contribution in [-0.4, -0.2) is 23.6 Å². The summed E-state index contributed by atoms with van der Waals surface area (Å²) in [7, 11) is 1.96. The van der Waals surface area contributed by atoms with Gasteiger partial charge in [0.25, 0.3) is 6.01 Å². The highest BCUT2D eigenvalue weighted by Gasteiger charge is 2.09. The first kappa shape index (κ1) is 14.5. The van der Waals surface area contributed by atoms with Crippen molar-refractivity contribution in [3.63, 3.8) is 0 Å². The van der Waals surface area contributed by atoms with E-state index in [1.807, 2.05) is 30.3 Å². The summed E-state index contributed by atoms with van der Waals surface area (Å²) < 4.78 is 5.51. The van der Waals surface area contributed by atoms with Crippen LogP contribution < -0.4 is 10.2 Å². The van der Waals surface area contributed by atoms with E-state index in [4.69, 9.17) is 4.42 Å². The van der Waals surface area contributed by atoms with Crippen molar-refractivity contribution >= 4 is 6.01 Å². The molecule has 5 heteroatoms. The lowest BCUT2D eigenvalue weighted by Gasteiger charge is -2.13. The number of hydrogen-bond acceptors (Lipinski definition) is 5. The zero-order valence-corrected chi connectivity index (χ0v) is 12.3. The van der Waals surface area contributed by atoms with Crippen LogP contribution in [0.5, 0.6) is 0 Å². The Morgan fingerprint density at radius 2 is 2.25 bits per heavy atom. The van der Waals surface area contributed by atoms with Gasteiger partial charge in [0.05, 0.1) is 5.69 Å². The van der Waals surface area contributed by atoms with Gasteiger partial charge in [-0.1, -0.05) is 19.9 Å². The summed E-state index contributed by atoms with van der Waals surface area (Å²) in [6.07, 6.45) is 5.33. The molecule has 0 aliphatic heterocycles. The van der Waals surface area contributed by atoms with Crippen LogP contribution in [-0.2, 0) is 13.1 Å². The molecule has 5 nitrogen and oxygen atoms in total. The molecule has 0 atom stereocenters. The highest BCUT2D eigenvalue weighted by Crippen LogP contribution is 2.14. The molecule has 0 unspecified atom stereocenters. The standard InChI is InChI=1S/C15H22N4O/c1-12(2)7-17-9-14-11-20-15(18-14)19(3)10-13-5-4-6-16-8-13/h4-6,8,11-12,17H,7,9-10H2,1-3H3. The molecule has 0 amide bonds. The third-order valence-corrected chi connectivity index (χ3v) is 2.87. The Labute approximate surface area is 120 Å². The highest BCUT2D eigenvalue weighted by molar-refractivity contribution is 5.27. The number of aromatic nitrogens is 2. The van der Waals surface area contributed by atoms with E-state index in [9.17, 15) is 0 Å². The summed E-state index contributed by atoms with van der Waals surface area (Å²) in [4.78, 5) is 10.6. The van der Waals surface area contributed by atoms with Gasteiger partial charge in [-0.05, 0) is 24.1 Å². The molecular weight excluding hydrogens is 252 g/mol. The molecule has 1 N–H and O–H groups in total. The number of pyridine rings is 1. The van der Waals surface area contributed by atoms with E-state index < -0.39 is 0 Å². The molecule has 0 aromatic carbocycles. The second kappa shape index (κ2) is 7.05. The number of nitrogens with zero attached hydrogens (tertiary/aromatic N) is 3. The molecule has 0 bridgehead atoms. The fraction of sp³-hybridized carbons (Fsp3) is 0.467. The molecule has 0 saturated heterocycles. The molecule has 0 spiro atoms. The first-order valence-electron chi connectivity index (χ1n) is 6.90. The van der Waals surface area contributed by atoms with Crippen LogP contribution in [0.4, 0.5) is 6.01 Å². The Morgan fingerprint density at radius 3 is 2.95 bits per heavy atom. The molecule has 0 aliphatic carbocycles. The van der Waals surface area contributed by atoms with Gasteiger partial charge in [0.15, 0.2) is 0 Å². The van der Waals surface area contributed by atoms with Gasteiger partial charge in [-0.2, -0.15) is 4.98 Å². The number of nitrogens with one attached hydrogen (secondary N) is 1. The average molecular weight is 274 g/mol. The third kappa shape index (κ3) is 4.35. The third-order valence-electron chi connectivity index (χ3n) is 2.87. The maximum atomic E-state index is 5.51. The van der Waals surface area contributed by atoms with Gasteiger partial charge in [0, 0.05) is 32.5 Å². The Kier molecular flexibility index (Phi) is 5.12. The first-order chi connectivity index (χ1) is 9.65. The maximum absolute atomic E-state index is 5.51. The van der Waals surface area contributed by atoms with Crippen LogP contribution in [0.25, 0.3) is 0 Å². The quantitative estimate of drug-likeness (QED) is 0.840. The van der Waals surface area contributed by atoms with Crippen LogP contribution in [0.3, 0.4) is 0 Å². The summed E-state index contributed by atoms with van der Waals surface area (Å²) in [5, 5.41) is 3.35. The van der Waals surface area contributed by atoms with Crippen molar-refractivity contribution in [1.82, 2.24) is 15.3 Å². The molecule has 2 rings (SSSR count). The minimum Gasteiger partial charge on any atom is -0.432 e. The van der Waals surface area contributed by atoms with Crippen LogP contribution in [0.2, 0.25) is 0 Å². The van der Waals surface area contributed by atoms with Gasteiger partial charge in [-0.15, -0.1) is 0 Å². The second-order valence-electron chi connectivity index (χ2n) is 5.36. The fourth-order valence-electron chi connectivity index (χ4n) is 1.87. The Morgan fingerprint density at radius 1 is 1.40 bits per heavy atom. The van der Waals surface area contributed by atoms with Gasteiger partial charge in [-0.25, -0.2) is 0 Å². The van der Waals surface area contributed by atoms with Crippen LogP contribution in [0.1, 0.15) is 25.1 Å². The van der Waals surface area contributed by atoms with Crippen molar-refractivity contribution < 1.29 is 4.42 Å². The second-order valence-corrected chi connectivity index (χ2v) is 5.36. The van der Waals surface area contributed by atoms with E-state index in [2.05, 4.69) is 29.1 Å². The van der Waals surface area contributed by atoms with E-state index in [0.717, 1.165) is 30.9 Å². The zero-order valence-electron chi connectivity index (χ0n) is 12.3. The van der Waals surface area contributed by atoms with Gasteiger partial charge in [0.2, 0.25) is 0 Å². The summed E-state index contributed by atoms with van der Waals surface area (Å²) in [6, 6.07) is 4.60. The van der Waals surface area contributed by atoms with Crippen LogP contribution >= 0.6 is 0 Å². The average Bonchev–Trinajstić information content (AvgIpc) is 2.88. The largest absolute Gasteiger partial charge is 0.432 e. The molecule has 0 saturated carbocycles. The highest BCUT2D eigenvalue weighted by atomic mass is 16.4. The summed E-state index contributed by atoms with van der Waals surface area (Å²) >= 11 is 0. The van der Waals surface area contributed by atoms with Gasteiger partial charge >= 0.3 is 0 Å². The molecule has 0 radical (unpaired) electrons. The number of anilines is 1. The van der Waals surface area contributed by atoms with Crippen molar-refractivity contribution in [3.05, 3.63) is 42.0 Å². The van der Waals surface area contributed by atoms with E-state index in [1.54, 1.807) is 12.5 Å². The predicted molar refractivity (Wildman–Crippen MR) is 79.4 cm³/mol. The SMILES string of the molecule is CC(C)CNCc1coc(N(C)Cc2cccnc2)n1. The van der Waals surface area contributed by atoms with Crippen molar-refractivity contribution in [2.45, 2.75) is 26.9 Å². The lowest BCUT2D eigenvalue weighted by molar-refractivity contribution is 0.535. The van der Waals surface area contributed by atoms with Gasteiger partial charge in [-0.3, -0.25) is 4.98 Å². The van der Waals surface area contributed by atoms with E-state index in [-0.39, 0.29) is 0 Å². The monoisotopic (exact) mass is 274 g/mol. The molecular formula is C15H22N4O. The lowest BCUT2D eigenvalue weighted by atomic mass is 10.2. The molecule has 0 aliphatic rings. The van der Waals surface area contributed by atoms with Crippen LogP contribution in [0.15, 0.2) is 35.2 Å². The normalized spacial score (nSPS) is 11.0. The zero-order chi connectivity index (χ0) is 14.4. The first-order valence-corrected chi connectivity index (χ1v) is 6.90. The molecule has 2 aromatic rings. The molecule has 0 fully saturated rings. The lowest BCUT2D eigenvalue weighted by Crippen LogP contribution is -2.20. The molecule has 2 heterocycles. The summed E-state index contributed by atoms with van der Waals surface area (Å²) in [5.41, 5.74) is 2.06. The van der Waals surface area contributed by atoms with Gasteiger partial charge < -0.3 is 14.6 Å². The van der Waals surface area contributed by atoms with Crippen molar-refractivity contribution in [1.29, 1.82) is 0 Å². The molecule has 2 aromatic heterocycles. The Bertz CT molecular complexity index is 510.